The van der Waals surface area contributed by atoms with Crippen LogP contribution in [0.5, 0.6) is 0 Å². The molecule has 0 unspecified atom stereocenters. The van der Waals surface area contributed by atoms with Crippen LogP contribution in [0.4, 0.5) is 0 Å². The quantitative estimate of drug-likeness (QED) is 0.636. The van der Waals surface area contributed by atoms with Gasteiger partial charge in [0.15, 0.2) is 0 Å². The molecule has 0 aliphatic rings. The van der Waals surface area contributed by atoms with Crippen LogP contribution in [-0.2, 0) is 0 Å². The van der Waals surface area contributed by atoms with Crippen molar-refractivity contribution in [2.24, 2.45) is 4.99 Å². The van der Waals surface area contributed by atoms with Gasteiger partial charge in [0.2, 0.25) is 0 Å². The Kier molecular flexibility index (Phi) is 3.18. The zero-order valence-electron chi connectivity index (χ0n) is 8.70. The Hall–Kier alpha value is -1.18. The summed E-state index contributed by atoms with van der Waals surface area (Å²) < 4.78 is 0. The standard InChI is InChI=1S/C11H16N2/c1-8(2)11-6-5-10(7-12-4)9(3)13-11/h5-8H,1-4H3. The van der Waals surface area contributed by atoms with E-state index in [1.54, 1.807) is 7.05 Å². The molecule has 13 heavy (non-hydrogen) atoms. The van der Waals surface area contributed by atoms with Crippen molar-refractivity contribution in [1.29, 1.82) is 0 Å². The SMILES string of the molecule is CN=Cc1ccc(C(C)C)nc1C. The second kappa shape index (κ2) is 4.17. The third kappa shape index (κ3) is 2.38. The van der Waals surface area contributed by atoms with E-state index in [9.17, 15) is 0 Å². The minimum absolute atomic E-state index is 0.492. The summed E-state index contributed by atoms with van der Waals surface area (Å²) in [5, 5.41) is 0. The van der Waals surface area contributed by atoms with E-state index in [1.165, 1.54) is 0 Å². The molecule has 1 aromatic rings. The molecule has 0 saturated carbocycles. The van der Waals surface area contributed by atoms with E-state index < -0.39 is 0 Å². The van der Waals surface area contributed by atoms with Crippen molar-refractivity contribution in [1.82, 2.24) is 4.98 Å². The van der Waals surface area contributed by atoms with Crippen molar-refractivity contribution in [3.8, 4) is 0 Å². The van der Waals surface area contributed by atoms with E-state index >= 15 is 0 Å². The summed E-state index contributed by atoms with van der Waals surface area (Å²) in [5.41, 5.74) is 3.30. The summed E-state index contributed by atoms with van der Waals surface area (Å²) in [5.74, 6) is 0.492. The van der Waals surface area contributed by atoms with Crippen LogP contribution in [0.2, 0.25) is 0 Å². The smallest absolute Gasteiger partial charge is 0.0463 e. The molecule has 0 N–H and O–H groups in total. The van der Waals surface area contributed by atoms with Crippen molar-refractivity contribution in [2.45, 2.75) is 26.7 Å². The molecule has 70 valence electrons. The molecule has 0 aromatic carbocycles. The van der Waals surface area contributed by atoms with Crippen molar-refractivity contribution in [2.75, 3.05) is 7.05 Å². The highest BCUT2D eigenvalue weighted by Crippen LogP contribution is 2.13. The van der Waals surface area contributed by atoms with Crippen LogP contribution < -0.4 is 0 Å². The van der Waals surface area contributed by atoms with Gasteiger partial charge >= 0.3 is 0 Å². The highest BCUT2D eigenvalue weighted by molar-refractivity contribution is 5.80. The first-order chi connectivity index (χ1) is 6.15. The Morgan fingerprint density at radius 1 is 1.38 bits per heavy atom. The van der Waals surface area contributed by atoms with Gasteiger partial charge in [-0.3, -0.25) is 9.98 Å². The molecule has 0 radical (unpaired) electrons. The molecule has 0 fully saturated rings. The Labute approximate surface area is 79.7 Å². The zero-order chi connectivity index (χ0) is 9.84. The molecule has 0 aliphatic heterocycles. The summed E-state index contributed by atoms with van der Waals surface area (Å²) in [7, 11) is 1.77. The fourth-order valence-corrected chi connectivity index (χ4v) is 1.19. The Balaban J connectivity index is 3.05. The number of pyridine rings is 1. The van der Waals surface area contributed by atoms with Crippen molar-refractivity contribution >= 4 is 6.21 Å². The normalized spacial score (nSPS) is 11.5. The minimum Gasteiger partial charge on any atom is -0.296 e. The van der Waals surface area contributed by atoms with Crippen LogP contribution in [0.3, 0.4) is 0 Å². The van der Waals surface area contributed by atoms with Crippen molar-refractivity contribution < 1.29 is 0 Å². The number of hydrogen-bond donors (Lipinski definition) is 0. The van der Waals surface area contributed by atoms with Gasteiger partial charge in [-0.25, -0.2) is 0 Å². The van der Waals surface area contributed by atoms with Gasteiger partial charge in [-0.2, -0.15) is 0 Å². The average Bonchev–Trinajstić information content (AvgIpc) is 2.08. The average molecular weight is 176 g/mol. The van der Waals surface area contributed by atoms with Gasteiger partial charge in [-0.1, -0.05) is 13.8 Å². The van der Waals surface area contributed by atoms with Crippen LogP contribution in [0.15, 0.2) is 17.1 Å². The molecule has 1 aromatic heterocycles. The second-order valence-corrected chi connectivity index (χ2v) is 3.45. The number of aliphatic imine (C=N–C) groups is 1. The van der Waals surface area contributed by atoms with Gasteiger partial charge in [0.1, 0.15) is 0 Å². The first kappa shape index (κ1) is 9.90. The van der Waals surface area contributed by atoms with Gasteiger partial charge < -0.3 is 0 Å². The summed E-state index contributed by atoms with van der Waals surface area (Å²) in [4.78, 5) is 8.48. The van der Waals surface area contributed by atoms with E-state index in [1.807, 2.05) is 13.1 Å². The number of aromatic nitrogens is 1. The second-order valence-electron chi connectivity index (χ2n) is 3.45. The minimum atomic E-state index is 0.492. The first-order valence-electron chi connectivity index (χ1n) is 4.55. The number of rotatable bonds is 2. The highest BCUT2D eigenvalue weighted by atomic mass is 14.7. The van der Waals surface area contributed by atoms with Crippen LogP contribution in [0.1, 0.15) is 36.7 Å². The maximum atomic E-state index is 4.50. The van der Waals surface area contributed by atoms with Gasteiger partial charge in [0, 0.05) is 30.2 Å². The lowest BCUT2D eigenvalue weighted by Crippen LogP contribution is -1.98. The Morgan fingerprint density at radius 2 is 2.08 bits per heavy atom. The molecule has 2 heteroatoms. The van der Waals surface area contributed by atoms with Crippen LogP contribution >= 0.6 is 0 Å². The molecule has 2 nitrogen and oxygen atoms in total. The topological polar surface area (TPSA) is 25.2 Å². The summed E-state index contributed by atoms with van der Waals surface area (Å²) >= 11 is 0. The fourth-order valence-electron chi connectivity index (χ4n) is 1.19. The molecule has 1 heterocycles. The maximum Gasteiger partial charge on any atom is 0.0463 e. The summed E-state index contributed by atoms with van der Waals surface area (Å²) in [6, 6.07) is 4.14. The molecule has 1 rings (SSSR count). The highest BCUT2D eigenvalue weighted by Gasteiger charge is 2.02. The van der Waals surface area contributed by atoms with Crippen LogP contribution in [0.25, 0.3) is 0 Å². The van der Waals surface area contributed by atoms with E-state index in [4.69, 9.17) is 0 Å². The molecular weight excluding hydrogens is 160 g/mol. The maximum absolute atomic E-state index is 4.50. The predicted octanol–water partition coefficient (Wildman–Crippen LogP) is 2.56. The van der Waals surface area contributed by atoms with Gasteiger partial charge in [0.25, 0.3) is 0 Å². The summed E-state index contributed by atoms with van der Waals surface area (Å²) in [6.45, 7) is 6.31. The molecular formula is C11H16N2. The van der Waals surface area contributed by atoms with E-state index in [0.717, 1.165) is 17.0 Å². The van der Waals surface area contributed by atoms with Gasteiger partial charge in [-0.05, 0) is 25.0 Å². The lowest BCUT2D eigenvalue weighted by Gasteiger charge is -2.06. The number of hydrogen-bond acceptors (Lipinski definition) is 2. The fraction of sp³-hybridized carbons (Fsp3) is 0.455. The van der Waals surface area contributed by atoms with Crippen LogP contribution in [0, 0.1) is 6.92 Å². The number of aryl methyl sites for hydroxylation is 1. The van der Waals surface area contributed by atoms with Gasteiger partial charge in [-0.15, -0.1) is 0 Å². The van der Waals surface area contributed by atoms with E-state index in [2.05, 4.69) is 36.0 Å². The molecule has 0 aliphatic carbocycles. The van der Waals surface area contributed by atoms with E-state index in [-0.39, 0.29) is 0 Å². The molecule has 0 saturated heterocycles. The Morgan fingerprint density at radius 3 is 2.54 bits per heavy atom. The van der Waals surface area contributed by atoms with E-state index in [0.29, 0.717) is 5.92 Å². The van der Waals surface area contributed by atoms with Crippen LogP contribution in [-0.4, -0.2) is 18.2 Å². The molecule has 0 atom stereocenters. The monoisotopic (exact) mass is 176 g/mol. The lowest BCUT2D eigenvalue weighted by molar-refractivity contribution is 0.815. The molecule has 0 amide bonds. The zero-order valence-corrected chi connectivity index (χ0v) is 8.70. The summed E-state index contributed by atoms with van der Waals surface area (Å²) in [6.07, 6.45) is 1.84. The lowest BCUT2D eigenvalue weighted by atomic mass is 10.1. The molecule has 0 bridgehead atoms. The Bertz CT molecular complexity index is 314. The number of nitrogens with zero attached hydrogens (tertiary/aromatic N) is 2. The molecule has 0 spiro atoms. The third-order valence-electron chi connectivity index (χ3n) is 2.01. The predicted molar refractivity (Wildman–Crippen MR) is 56.6 cm³/mol. The van der Waals surface area contributed by atoms with Gasteiger partial charge in [0.05, 0.1) is 0 Å². The van der Waals surface area contributed by atoms with Crippen molar-refractivity contribution in [3.05, 3.63) is 29.1 Å². The van der Waals surface area contributed by atoms with Crippen molar-refractivity contribution in [3.63, 3.8) is 0 Å². The largest absolute Gasteiger partial charge is 0.296 e. The third-order valence-corrected chi connectivity index (χ3v) is 2.01. The first-order valence-corrected chi connectivity index (χ1v) is 4.55.